The number of aromatic nitrogens is 1. The summed E-state index contributed by atoms with van der Waals surface area (Å²) >= 11 is 0.984. The monoisotopic (exact) mass is 505 g/mol. The molecule has 26 heavy (non-hydrogen) atoms. The number of aliphatic imine (C=N–C) groups is 1. The van der Waals surface area contributed by atoms with E-state index in [4.69, 9.17) is 0 Å². The van der Waals surface area contributed by atoms with E-state index in [2.05, 4.69) is 32.4 Å². The van der Waals surface area contributed by atoms with Gasteiger partial charge in [-0.25, -0.2) is 9.98 Å². The lowest BCUT2D eigenvalue weighted by Gasteiger charge is -2.27. The topological polar surface area (TPSA) is 52.6 Å². The Morgan fingerprint density at radius 1 is 1.31 bits per heavy atom. The van der Waals surface area contributed by atoms with E-state index in [9.17, 15) is 13.2 Å². The number of nitrogens with one attached hydrogen (secondary N) is 2. The van der Waals surface area contributed by atoms with E-state index in [1.165, 1.54) is 12.8 Å². The molecule has 2 rings (SSSR count). The molecule has 1 aliphatic rings. The number of likely N-dealkylation sites (tertiary alicyclic amines) is 1. The third kappa shape index (κ3) is 7.18. The molecule has 2 heterocycles. The summed E-state index contributed by atoms with van der Waals surface area (Å²) < 4.78 is 37.8. The summed E-state index contributed by atoms with van der Waals surface area (Å²) in [4.78, 5) is 10.5. The third-order valence-corrected chi connectivity index (χ3v) is 5.03. The molecule has 1 aromatic rings. The van der Waals surface area contributed by atoms with Crippen molar-refractivity contribution in [3.8, 4) is 0 Å². The molecule has 0 radical (unpaired) electrons. The van der Waals surface area contributed by atoms with Crippen LogP contribution >= 0.6 is 35.3 Å². The van der Waals surface area contributed by atoms with Crippen molar-refractivity contribution < 1.29 is 13.2 Å². The lowest BCUT2D eigenvalue weighted by molar-refractivity contribution is -0.140. The van der Waals surface area contributed by atoms with Crippen LogP contribution in [0.4, 0.5) is 13.2 Å². The largest absolute Gasteiger partial charge is 0.434 e. The van der Waals surface area contributed by atoms with Crippen molar-refractivity contribution in [1.82, 2.24) is 20.5 Å². The molecule has 0 saturated carbocycles. The van der Waals surface area contributed by atoms with Gasteiger partial charge in [-0.15, -0.1) is 35.3 Å². The van der Waals surface area contributed by atoms with E-state index >= 15 is 0 Å². The molecular formula is C16H27F3IN5S. The second kappa shape index (κ2) is 11.3. The number of thiazole rings is 1. The van der Waals surface area contributed by atoms with Gasteiger partial charge in [-0.05, 0) is 39.3 Å². The van der Waals surface area contributed by atoms with E-state index < -0.39 is 11.9 Å². The Morgan fingerprint density at radius 3 is 2.54 bits per heavy atom. The zero-order valence-corrected chi connectivity index (χ0v) is 18.3. The Labute approximate surface area is 173 Å². The molecule has 1 unspecified atom stereocenters. The summed E-state index contributed by atoms with van der Waals surface area (Å²) in [5, 5.41) is 7.83. The van der Waals surface area contributed by atoms with E-state index in [1.54, 1.807) is 0 Å². The van der Waals surface area contributed by atoms with Crippen LogP contribution in [0.15, 0.2) is 10.4 Å². The number of alkyl halides is 3. The maximum Gasteiger partial charge on any atom is 0.434 e. The van der Waals surface area contributed by atoms with Crippen molar-refractivity contribution in [3.63, 3.8) is 0 Å². The van der Waals surface area contributed by atoms with Gasteiger partial charge in [0.15, 0.2) is 11.7 Å². The van der Waals surface area contributed by atoms with Crippen LogP contribution < -0.4 is 10.6 Å². The van der Waals surface area contributed by atoms with Crippen molar-refractivity contribution in [3.05, 3.63) is 16.1 Å². The van der Waals surface area contributed by atoms with Crippen molar-refractivity contribution in [2.75, 3.05) is 26.2 Å². The molecule has 2 N–H and O–H groups in total. The molecule has 5 nitrogen and oxygen atoms in total. The summed E-state index contributed by atoms with van der Waals surface area (Å²) in [5.41, 5.74) is -0.847. The van der Waals surface area contributed by atoms with Gasteiger partial charge in [-0.3, -0.25) is 4.90 Å². The normalized spacial score (nSPS) is 17.0. The van der Waals surface area contributed by atoms with Crippen molar-refractivity contribution >= 4 is 41.3 Å². The van der Waals surface area contributed by atoms with Crippen LogP contribution in [0.3, 0.4) is 0 Å². The van der Waals surface area contributed by atoms with Gasteiger partial charge in [0.25, 0.3) is 0 Å². The summed E-state index contributed by atoms with van der Waals surface area (Å²) in [7, 11) is 0. The van der Waals surface area contributed by atoms with Gasteiger partial charge in [0, 0.05) is 24.5 Å². The van der Waals surface area contributed by atoms with Crippen LogP contribution in [0.25, 0.3) is 0 Å². The lowest BCUT2D eigenvalue weighted by Crippen LogP contribution is -2.46. The average molecular weight is 505 g/mol. The fourth-order valence-electron chi connectivity index (χ4n) is 2.86. The molecule has 10 heteroatoms. The highest BCUT2D eigenvalue weighted by Gasteiger charge is 2.33. The molecule has 1 aliphatic heterocycles. The Morgan fingerprint density at radius 2 is 2.00 bits per heavy atom. The second-order valence-electron chi connectivity index (χ2n) is 6.01. The molecule has 1 atom stereocenters. The zero-order chi connectivity index (χ0) is 18.3. The van der Waals surface area contributed by atoms with Gasteiger partial charge in [0.2, 0.25) is 0 Å². The van der Waals surface area contributed by atoms with Gasteiger partial charge in [0.1, 0.15) is 5.01 Å². The Kier molecular flexibility index (Phi) is 10.2. The van der Waals surface area contributed by atoms with Crippen LogP contribution in [0.1, 0.15) is 43.8 Å². The Bertz CT molecular complexity index is 558. The summed E-state index contributed by atoms with van der Waals surface area (Å²) in [5.74, 6) is 0.615. The fourth-order valence-corrected chi connectivity index (χ4v) is 3.58. The number of rotatable bonds is 7. The van der Waals surface area contributed by atoms with Gasteiger partial charge >= 0.3 is 6.18 Å². The smallest absolute Gasteiger partial charge is 0.357 e. The first-order valence-corrected chi connectivity index (χ1v) is 9.59. The van der Waals surface area contributed by atoms with Crippen molar-refractivity contribution in [1.29, 1.82) is 0 Å². The van der Waals surface area contributed by atoms with E-state index in [0.717, 1.165) is 42.8 Å². The maximum absolute atomic E-state index is 12.6. The summed E-state index contributed by atoms with van der Waals surface area (Å²) in [6, 6.07) is 0.447. The third-order valence-electron chi connectivity index (χ3n) is 4.19. The predicted molar refractivity (Wildman–Crippen MR) is 110 cm³/mol. The summed E-state index contributed by atoms with van der Waals surface area (Å²) in [6.07, 6.45) is -0.856. The quantitative estimate of drug-likeness (QED) is 0.337. The minimum atomic E-state index is -4.40. The van der Waals surface area contributed by atoms with Crippen molar-refractivity contribution in [2.45, 2.75) is 51.9 Å². The van der Waals surface area contributed by atoms with Gasteiger partial charge in [-0.1, -0.05) is 6.92 Å². The molecule has 0 aromatic carbocycles. The highest BCUT2D eigenvalue weighted by atomic mass is 127. The van der Waals surface area contributed by atoms with Gasteiger partial charge in [-0.2, -0.15) is 13.2 Å². The maximum atomic E-state index is 12.6. The minimum absolute atomic E-state index is 0. The molecule has 150 valence electrons. The number of hydrogen-bond donors (Lipinski definition) is 2. The standard InChI is InChI=1S/C16H26F3N5S.HI/c1-3-12(24-7-5-6-8-24)9-21-15(20-4-2)22-10-14-23-13(11-25-14)16(17,18)19;/h11-12H,3-10H2,1-2H3,(H2,20,21,22);1H. The molecule has 0 bridgehead atoms. The molecule has 0 aliphatic carbocycles. The van der Waals surface area contributed by atoms with Crippen LogP contribution in [0.5, 0.6) is 0 Å². The van der Waals surface area contributed by atoms with Gasteiger partial charge in [0.05, 0.1) is 6.54 Å². The predicted octanol–water partition coefficient (Wildman–Crippen LogP) is 3.71. The van der Waals surface area contributed by atoms with Crippen LogP contribution in [0.2, 0.25) is 0 Å². The highest BCUT2D eigenvalue weighted by Crippen LogP contribution is 2.30. The average Bonchev–Trinajstić information content (AvgIpc) is 3.24. The first-order chi connectivity index (χ1) is 11.9. The first-order valence-electron chi connectivity index (χ1n) is 8.71. The molecular weight excluding hydrogens is 478 g/mol. The number of guanidine groups is 1. The summed E-state index contributed by atoms with van der Waals surface area (Å²) in [6.45, 7) is 7.99. The number of halogens is 4. The molecule has 1 fully saturated rings. The molecule has 0 amide bonds. The van der Waals surface area contributed by atoms with E-state index in [-0.39, 0.29) is 30.5 Å². The van der Waals surface area contributed by atoms with E-state index in [0.29, 0.717) is 23.6 Å². The van der Waals surface area contributed by atoms with Crippen LogP contribution in [0, 0.1) is 0 Å². The molecule has 1 aromatic heterocycles. The van der Waals surface area contributed by atoms with Crippen molar-refractivity contribution in [2.24, 2.45) is 4.99 Å². The van der Waals surface area contributed by atoms with Crippen LogP contribution in [-0.2, 0) is 12.7 Å². The number of nitrogens with zero attached hydrogens (tertiary/aromatic N) is 3. The second-order valence-corrected chi connectivity index (χ2v) is 6.95. The lowest BCUT2D eigenvalue weighted by atomic mass is 10.2. The fraction of sp³-hybridized carbons (Fsp3) is 0.750. The highest BCUT2D eigenvalue weighted by molar-refractivity contribution is 14.0. The Balaban J connectivity index is 0.00000338. The molecule has 0 spiro atoms. The van der Waals surface area contributed by atoms with Gasteiger partial charge < -0.3 is 10.6 Å². The minimum Gasteiger partial charge on any atom is -0.357 e. The SMILES string of the molecule is CCNC(=NCc1nc(C(F)(F)F)cs1)NCC(CC)N1CCCC1.I. The van der Waals surface area contributed by atoms with Crippen LogP contribution in [-0.4, -0.2) is 48.1 Å². The number of hydrogen-bond acceptors (Lipinski definition) is 4. The molecule has 1 saturated heterocycles. The van der Waals surface area contributed by atoms with E-state index in [1.807, 2.05) is 6.92 Å². The zero-order valence-electron chi connectivity index (χ0n) is 15.1. The first kappa shape index (κ1) is 23.4. The Hall–Kier alpha value is -0.620.